The van der Waals surface area contributed by atoms with E-state index in [1.165, 1.54) is 11.1 Å². The summed E-state index contributed by atoms with van der Waals surface area (Å²) < 4.78 is 79.5. The second-order valence-electron chi connectivity index (χ2n) is 27.4. The molecule has 37 heteroatoms. The smallest absolute Gasteiger partial charge is 0.187 e. The molecule has 23 fully saturated rings. The molecule has 0 spiro atoms. The number of phenols is 1. The van der Waals surface area contributed by atoms with Crippen molar-refractivity contribution in [1.29, 1.82) is 0 Å². The molecule has 99 heavy (non-hydrogen) atoms. The van der Waals surface area contributed by atoms with E-state index in [1.807, 2.05) is 12.1 Å². The van der Waals surface area contributed by atoms with E-state index in [-0.39, 0.29) is 5.41 Å². The third kappa shape index (κ3) is 14.4. The molecule has 1 aromatic rings. The van der Waals surface area contributed by atoms with E-state index in [9.17, 15) is 117 Å². The van der Waals surface area contributed by atoms with Gasteiger partial charge in [-0.2, -0.15) is 0 Å². The molecule has 21 saturated heterocycles. The van der Waals surface area contributed by atoms with E-state index < -0.39 is 267 Å². The molecule has 0 radical (unpaired) electrons. The second-order valence-corrected chi connectivity index (χ2v) is 27.4. The van der Waals surface area contributed by atoms with Gasteiger partial charge in [0, 0.05) is 5.41 Å². The molecule has 21 heterocycles. The number of aryl methyl sites for hydroxylation is 1. The molecular formula is C62H94O37. The molecular weight excluding hydrogens is 1340 g/mol. The number of ether oxygens (including phenoxy) is 14. The van der Waals surface area contributed by atoms with Crippen LogP contribution in [-0.4, -0.2) is 384 Å². The van der Waals surface area contributed by atoms with Gasteiger partial charge in [0.15, 0.2) is 44.0 Å². The first kappa shape index (κ1) is 77.2. The van der Waals surface area contributed by atoms with Crippen molar-refractivity contribution in [2.45, 2.75) is 272 Å². The highest BCUT2D eigenvalue weighted by molar-refractivity contribution is 5.40. The van der Waals surface area contributed by atoms with Crippen molar-refractivity contribution < 1.29 is 184 Å². The molecule has 2 saturated carbocycles. The van der Waals surface area contributed by atoms with Crippen molar-refractivity contribution in [3.8, 4) is 18.1 Å². The molecule has 40 atom stereocenters. The summed E-state index contributed by atoms with van der Waals surface area (Å²) in [5.41, 5.74) is 1.69. The summed E-state index contributed by atoms with van der Waals surface area (Å²) in [4.78, 5) is 0. The third-order valence-corrected chi connectivity index (χ3v) is 21.9. The lowest BCUT2D eigenvalue weighted by Crippen LogP contribution is -2.68. The van der Waals surface area contributed by atoms with Gasteiger partial charge in [-0.1, -0.05) is 18.9 Å². The van der Waals surface area contributed by atoms with Gasteiger partial charge < -0.3 is 184 Å². The lowest BCUT2D eigenvalue weighted by Gasteiger charge is -2.52. The highest BCUT2D eigenvalue weighted by Crippen LogP contribution is 2.64. The molecule has 0 aromatic heterocycles. The number of aliphatic hydroxyl groups is 22. The average molecular weight is 1430 g/mol. The van der Waals surface area contributed by atoms with Gasteiger partial charge in [-0.05, 0) is 79.5 Å². The van der Waals surface area contributed by atoms with Crippen molar-refractivity contribution >= 4 is 0 Å². The van der Waals surface area contributed by atoms with E-state index in [1.54, 1.807) is 0 Å². The number of rotatable bonds is 7. The van der Waals surface area contributed by atoms with Crippen LogP contribution in [0.2, 0.25) is 0 Å². The number of benzene rings is 1. The van der Waals surface area contributed by atoms with Crippen LogP contribution in [0.15, 0.2) is 18.2 Å². The predicted molar refractivity (Wildman–Crippen MR) is 315 cm³/mol. The zero-order valence-corrected chi connectivity index (χ0v) is 53.4. The lowest BCUT2D eigenvalue weighted by atomic mass is 9.53. The minimum atomic E-state index is -2.21. The fraction of sp³-hybridized carbons (Fsp3) is 0.871. The van der Waals surface area contributed by atoms with Crippen LogP contribution in [0, 0.1) is 29.6 Å². The van der Waals surface area contributed by atoms with Crippen LogP contribution in [0.5, 0.6) is 5.75 Å². The molecule has 0 amide bonds. The largest absolute Gasteiger partial charge is 0.508 e. The van der Waals surface area contributed by atoms with Gasteiger partial charge in [0.2, 0.25) is 0 Å². The van der Waals surface area contributed by atoms with Crippen LogP contribution in [-0.2, 0) is 72.7 Å². The Kier molecular flexibility index (Phi) is 24.7. The van der Waals surface area contributed by atoms with Crippen LogP contribution >= 0.6 is 0 Å². The fourth-order valence-electron chi connectivity index (χ4n) is 16.2. The SMILES string of the molecule is C#C[C@]1(O)CC[C@H]2[C@@H]3CCc4cc(O)ccc4[C@H]3CC[C@@]21C.OC[C@H]1O[C@@H]2O[C@H]3[C@H](O)[C@@H](O)[C@@H](O[C@H]4[C@H](O)[C@@H](O)[C@@H](O[C@H]5[C@H](O)[C@@H](O)[C@@H](O[C@H]6[C@H](O)[C@@H](O)[C@@H](O[C@H]7[C@H](O)[C@@H](O)[C@@H](O[C@H]8[C@H](O)[C@@H](O)[C@@H](O[C@H]1[C@H](O)[C@H]2O)O[C@@H]8CO)O[C@@H]7CO)O[C@@H]6CO)O[C@@H]5CO)O[C@@H]4CO)O[C@@H]3CO. The summed E-state index contributed by atoms with van der Waals surface area (Å²) in [6, 6.07) is 5.87. The monoisotopic (exact) mass is 1430 g/mol. The lowest BCUT2D eigenvalue weighted by molar-refractivity contribution is -0.396. The van der Waals surface area contributed by atoms with Crippen molar-refractivity contribution in [3.05, 3.63) is 29.3 Å². The number of phenolic OH excluding ortho intramolecular Hbond substituents is 1. The maximum absolute atomic E-state index is 11.3. The molecule has 3 aliphatic carbocycles. The van der Waals surface area contributed by atoms with Gasteiger partial charge in [0.25, 0.3) is 0 Å². The maximum Gasteiger partial charge on any atom is 0.187 e. The summed E-state index contributed by atoms with van der Waals surface area (Å²) in [5.74, 6) is 4.82. The standard InChI is InChI=1S/C42H70O35.C20H24O2/c43-1-8-29-15(50)22(57)36(64-8)72-30-9(2-44)66-38(24(59)17(30)52)74-32-11(4-46)68-40(26(61)19(32)54)76-34-13(6-48)70-42(28(63)21(34)56)77-35-14(7-49)69-41(27(62)20(35)55)75-33-12(5-47)67-39(25(60)18(33)53)73-31-10(3-45)65-37(71-29)23(58)16(31)51;1-3-20(22)11-9-18-17-6-4-13-12-14(21)5-7-15(13)16(17)8-10-19(18,20)2/h8-63H,1-7H2;1,5,7,12,16-18,21-22H,4,6,8-11H2,2H3/t8-,9-,10-,11-,12-,13-,14-,15-,16-,17-,18-,19-,20-,21-,22-,23-,24-,25-,26-,27-,28-,29-,30-,31-,32-,33-,34-,35-,36-,37-,38-,39-,40-,41-,42-;16-,17-,18+,19+,20+/m11/s1. The number of fused-ring (bicyclic) bond motifs is 5. The summed E-state index contributed by atoms with van der Waals surface area (Å²) in [7, 11) is 0. The first-order valence-corrected chi connectivity index (χ1v) is 33.1. The van der Waals surface area contributed by atoms with Gasteiger partial charge in [-0.15, -0.1) is 6.42 Å². The van der Waals surface area contributed by atoms with Crippen LogP contribution in [0.4, 0.5) is 0 Å². The van der Waals surface area contributed by atoms with Crippen molar-refractivity contribution in [3.63, 3.8) is 0 Å². The Hall–Kier alpha value is -2.86. The minimum Gasteiger partial charge on any atom is -0.508 e. The van der Waals surface area contributed by atoms with Gasteiger partial charge in [0.05, 0.1) is 46.2 Å². The average Bonchev–Trinajstić information content (AvgIpc) is 1.62. The van der Waals surface area contributed by atoms with Crippen LogP contribution in [0.25, 0.3) is 0 Å². The van der Waals surface area contributed by atoms with Gasteiger partial charge in [-0.25, -0.2) is 0 Å². The van der Waals surface area contributed by atoms with Gasteiger partial charge in [0.1, 0.15) is 182 Å². The van der Waals surface area contributed by atoms with Crippen LogP contribution in [0.3, 0.4) is 0 Å². The minimum absolute atomic E-state index is 0.128. The van der Waals surface area contributed by atoms with Crippen molar-refractivity contribution in [2.75, 3.05) is 46.2 Å². The number of aliphatic hydroxyl groups excluding tert-OH is 21. The van der Waals surface area contributed by atoms with Crippen molar-refractivity contribution in [2.24, 2.45) is 17.3 Å². The zero-order chi connectivity index (χ0) is 71.6. The Labute approximate surface area is 565 Å². The molecule has 25 rings (SSSR count). The van der Waals surface area contributed by atoms with E-state index in [0.29, 0.717) is 23.5 Å². The Morgan fingerprint density at radius 3 is 0.879 bits per heavy atom. The van der Waals surface area contributed by atoms with Gasteiger partial charge in [-0.3, -0.25) is 0 Å². The first-order valence-electron chi connectivity index (χ1n) is 33.1. The number of hydrogen-bond acceptors (Lipinski definition) is 37. The first-order chi connectivity index (χ1) is 47.1. The second kappa shape index (κ2) is 31.7. The normalized spacial score (nSPS) is 52.6. The van der Waals surface area contributed by atoms with E-state index in [4.69, 9.17) is 72.7 Å². The Bertz CT molecular complexity index is 2460. The molecule has 24 aliphatic rings. The quantitative estimate of drug-likeness (QED) is 0.113. The maximum atomic E-state index is 11.3. The predicted octanol–water partition coefficient (Wildman–Crippen LogP) is -11.6. The molecule has 14 bridgehead atoms. The summed E-state index contributed by atoms with van der Waals surface area (Å²) >= 11 is 0. The molecule has 21 aliphatic heterocycles. The Morgan fingerprint density at radius 1 is 0.374 bits per heavy atom. The Morgan fingerprint density at radius 2 is 0.636 bits per heavy atom. The highest BCUT2D eigenvalue weighted by atomic mass is 16.8. The van der Waals surface area contributed by atoms with E-state index >= 15 is 0 Å². The van der Waals surface area contributed by atoms with Crippen molar-refractivity contribution in [1.82, 2.24) is 0 Å². The number of hydrogen-bond donors (Lipinski definition) is 23. The molecule has 564 valence electrons. The summed E-state index contributed by atoms with van der Waals surface area (Å²) in [6.45, 7) is -5.11. The number of terminal acetylenes is 1. The highest BCUT2D eigenvalue weighted by Gasteiger charge is 2.63. The molecule has 37 nitrogen and oxygen atoms in total. The fourth-order valence-corrected chi connectivity index (χ4v) is 16.2. The molecule has 0 unspecified atom stereocenters. The van der Waals surface area contributed by atoms with Gasteiger partial charge >= 0.3 is 0 Å². The topological polar surface area (TPSA) is 595 Å². The molecule has 23 N–H and O–H groups in total. The Balaban J connectivity index is 0.000000376. The van der Waals surface area contributed by atoms with Crippen LogP contribution < -0.4 is 0 Å². The third-order valence-electron chi connectivity index (χ3n) is 21.9. The zero-order valence-electron chi connectivity index (χ0n) is 53.4. The van der Waals surface area contributed by atoms with E-state index in [2.05, 4.69) is 18.9 Å². The summed E-state index contributed by atoms with van der Waals surface area (Å²) in [6.07, 6.45) is -58.5. The van der Waals surface area contributed by atoms with Crippen LogP contribution in [0.1, 0.15) is 56.1 Å². The number of aromatic hydroxyl groups is 1. The summed E-state index contributed by atoms with van der Waals surface area (Å²) in [5, 5.41) is 251. The van der Waals surface area contributed by atoms with E-state index in [0.717, 1.165) is 38.5 Å². The molecule has 1 aromatic carbocycles.